The van der Waals surface area contributed by atoms with Crippen molar-refractivity contribution in [1.82, 2.24) is 14.8 Å². The molecular formula is C23H17N3O. The van der Waals surface area contributed by atoms with E-state index in [1.807, 2.05) is 71.5 Å². The van der Waals surface area contributed by atoms with Crippen molar-refractivity contribution in [1.29, 1.82) is 0 Å². The molecule has 0 saturated carbocycles. The summed E-state index contributed by atoms with van der Waals surface area (Å²) in [5, 5.41) is 4.74. The van der Waals surface area contributed by atoms with Gasteiger partial charge in [0.25, 0.3) is 0 Å². The first-order valence-corrected chi connectivity index (χ1v) is 8.65. The van der Waals surface area contributed by atoms with Crippen molar-refractivity contribution in [2.24, 2.45) is 0 Å². The predicted molar refractivity (Wildman–Crippen MR) is 107 cm³/mol. The third-order valence-electron chi connectivity index (χ3n) is 4.14. The first-order valence-electron chi connectivity index (χ1n) is 8.65. The Morgan fingerprint density at radius 2 is 1.56 bits per heavy atom. The molecule has 0 radical (unpaired) electrons. The molecule has 4 nitrogen and oxygen atoms in total. The van der Waals surface area contributed by atoms with E-state index in [-0.39, 0.29) is 5.78 Å². The average Bonchev–Trinajstić information content (AvgIpc) is 3.18. The maximum Gasteiger partial charge on any atom is 0.204 e. The second-order valence-corrected chi connectivity index (χ2v) is 5.99. The van der Waals surface area contributed by atoms with Crippen LogP contribution in [-0.4, -0.2) is 20.5 Å². The van der Waals surface area contributed by atoms with Crippen LogP contribution in [0.2, 0.25) is 0 Å². The number of carbonyl (C=O) groups excluding carboxylic acids is 1. The zero-order valence-corrected chi connectivity index (χ0v) is 14.6. The van der Waals surface area contributed by atoms with Crippen LogP contribution in [-0.2, 0) is 0 Å². The Morgan fingerprint density at radius 1 is 0.852 bits per heavy atom. The van der Waals surface area contributed by atoms with E-state index in [1.54, 1.807) is 36.5 Å². The number of hydrogen-bond acceptors (Lipinski definition) is 3. The molecule has 0 aliphatic carbocycles. The van der Waals surface area contributed by atoms with Crippen LogP contribution in [0.25, 0.3) is 23.0 Å². The highest BCUT2D eigenvalue weighted by Crippen LogP contribution is 2.24. The molecule has 4 aromatic rings. The van der Waals surface area contributed by atoms with Crippen molar-refractivity contribution in [2.45, 2.75) is 0 Å². The lowest BCUT2D eigenvalue weighted by Crippen LogP contribution is -1.96. The topological polar surface area (TPSA) is 47.8 Å². The fraction of sp³-hybridized carbons (Fsp3) is 0. The number of allylic oxidation sites excluding steroid dienone is 1. The smallest absolute Gasteiger partial charge is 0.204 e. The maximum absolute atomic E-state index is 12.4. The third-order valence-corrected chi connectivity index (χ3v) is 4.14. The largest absolute Gasteiger partial charge is 0.288 e. The van der Waals surface area contributed by atoms with Crippen molar-refractivity contribution in [2.75, 3.05) is 0 Å². The Kier molecular flexibility index (Phi) is 4.70. The van der Waals surface area contributed by atoms with Crippen LogP contribution >= 0.6 is 0 Å². The molecule has 2 aromatic heterocycles. The summed E-state index contributed by atoms with van der Waals surface area (Å²) < 4.78 is 1.83. The van der Waals surface area contributed by atoms with E-state index in [4.69, 9.17) is 5.10 Å². The lowest BCUT2D eigenvalue weighted by molar-refractivity contribution is 0.104. The summed E-state index contributed by atoms with van der Waals surface area (Å²) in [5.74, 6) is -0.137. The molecule has 0 bridgehead atoms. The highest BCUT2D eigenvalue weighted by Gasteiger charge is 2.11. The van der Waals surface area contributed by atoms with Crippen LogP contribution in [0.15, 0.2) is 97.3 Å². The van der Waals surface area contributed by atoms with Gasteiger partial charge < -0.3 is 0 Å². The van der Waals surface area contributed by atoms with E-state index >= 15 is 0 Å². The Hall–Kier alpha value is -3.79. The fourth-order valence-electron chi connectivity index (χ4n) is 2.80. The summed E-state index contributed by atoms with van der Waals surface area (Å²) >= 11 is 0. The Morgan fingerprint density at radius 3 is 2.26 bits per heavy atom. The molecule has 4 heteroatoms. The number of para-hydroxylation sites is 1. The summed E-state index contributed by atoms with van der Waals surface area (Å²) in [4.78, 5) is 16.5. The quantitative estimate of drug-likeness (QED) is 0.382. The van der Waals surface area contributed by atoms with Gasteiger partial charge in [0, 0.05) is 23.5 Å². The number of ketones is 1. The average molecular weight is 351 g/mol. The molecule has 27 heavy (non-hydrogen) atoms. The van der Waals surface area contributed by atoms with Crippen LogP contribution in [0.5, 0.6) is 0 Å². The fourth-order valence-corrected chi connectivity index (χ4v) is 2.80. The van der Waals surface area contributed by atoms with Gasteiger partial charge in [-0.15, -0.1) is 0 Å². The van der Waals surface area contributed by atoms with Crippen molar-refractivity contribution < 1.29 is 4.79 Å². The molecule has 0 aliphatic rings. The Bertz CT molecular complexity index is 1070. The van der Waals surface area contributed by atoms with Crippen LogP contribution in [0.3, 0.4) is 0 Å². The molecule has 2 heterocycles. The molecule has 0 spiro atoms. The zero-order chi connectivity index (χ0) is 18.5. The second-order valence-electron chi connectivity index (χ2n) is 5.99. The van der Waals surface area contributed by atoms with Crippen LogP contribution in [0.4, 0.5) is 0 Å². The molecule has 0 fully saturated rings. The van der Waals surface area contributed by atoms with E-state index in [0.717, 1.165) is 22.5 Å². The van der Waals surface area contributed by atoms with Gasteiger partial charge in [-0.25, -0.2) is 4.68 Å². The highest BCUT2D eigenvalue weighted by atomic mass is 16.1. The third kappa shape index (κ3) is 3.75. The van der Waals surface area contributed by atoms with Gasteiger partial charge in [-0.1, -0.05) is 54.6 Å². The van der Waals surface area contributed by atoms with Gasteiger partial charge in [-0.3, -0.25) is 9.78 Å². The molecule has 130 valence electrons. The van der Waals surface area contributed by atoms with Crippen molar-refractivity contribution in [3.8, 4) is 16.9 Å². The lowest BCUT2D eigenvalue weighted by Gasteiger charge is -2.00. The van der Waals surface area contributed by atoms with Gasteiger partial charge in [0.2, 0.25) is 5.78 Å². The van der Waals surface area contributed by atoms with Crippen LogP contribution in [0, 0.1) is 0 Å². The number of aromatic nitrogens is 3. The minimum absolute atomic E-state index is 0.137. The number of rotatable bonds is 5. The number of carbonyl (C=O) groups is 1. The van der Waals surface area contributed by atoms with Gasteiger partial charge in [0.05, 0.1) is 11.4 Å². The van der Waals surface area contributed by atoms with E-state index in [1.165, 1.54) is 0 Å². The van der Waals surface area contributed by atoms with Gasteiger partial charge in [0.1, 0.15) is 5.69 Å². The summed E-state index contributed by atoms with van der Waals surface area (Å²) in [6.07, 6.45) is 6.89. The zero-order valence-electron chi connectivity index (χ0n) is 14.6. The normalized spacial score (nSPS) is 11.0. The van der Waals surface area contributed by atoms with Crippen LogP contribution < -0.4 is 0 Å². The molecular weight excluding hydrogens is 334 g/mol. The molecule has 0 N–H and O–H groups in total. The number of pyridine rings is 1. The second kappa shape index (κ2) is 7.62. The van der Waals surface area contributed by atoms with E-state index in [2.05, 4.69) is 4.98 Å². The summed E-state index contributed by atoms with van der Waals surface area (Å²) in [7, 11) is 0. The van der Waals surface area contributed by atoms with Crippen molar-refractivity contribution in [3.63, 3.8) is 0 Å². The molecule has 0 unspecified atom stereocenters. The van der Waals surface area contributed by atoms with E-state index in [9.17, 15) is 4.79 Å². The van der Waals surface area contributed by atoms with Crippen LogP contribution in [0.1, 0.15) is 16.1 Å². The summed E-state index contributed by atoms with van der Waals surface area (Å²) in [6.45, 7) is 0. The van der Waals surface area contributed by atoms with Gasteiger partial charge in [-0.2, -0.15) is 5.10 Å². The number of nitrogens with zero attached hydrogens (tertiary/aromatic N) is 3. The summed E-state index contributed by atoms with van der Waals surface area (Å²) in [6, 6.07) is 25.1. The lowest BCUT2D eigenvalue weighted by atomic mass is 10.1. The van der Waals surface area contributed by atoms with Gasteiger partial charge in [0.15, 0.2) is 0 Å². The first kappa shape index (κ1) is 16.7. The standard InChI is InChI=1S/C23H17N3O/c27-22(21-13-7-8-16-24-21)15-14-19-17-26(20-11-5-2-6-12-20)25-23(19)18-9-3-1-4-10-18/h1-17H. The van der Waals surface area contributed by atoms with Crippen molar-refractivity contribution >= 4 is 11.9 Å². The number of benzene rings is 2. The predicted octanol–water partition coefficient (Wildman–Crippen LogP) is 4.83. The Balaban J connectivity index is 1.73. The van der Waals surface area contributed by atoms with Crippen molar-refractivity contribution in [3.05, 3.63) is 109 Å². The van der Waals surface area contributed by atoms with E-state index < -0.39 is 0 Å². The maximum atomic E-state index is 12.4. The SMILES string of the molecule is O=C(C=Cc1cn(-c2ccccc2)nc1-c1ccccc1)c1ccccn1. The Labute approximate surface area is 157 Å². The van der Waals surface area contributed by atoms with Gasteiger partial charge >= 0.3 is 0 Å². The van der Waals surface area contributed by atoms with E-state index in [0.29, 0.717) is 5.69 Å². The highest BCUT2D eigenvalue weighted by molar-refractivity contribution is 6.05. The molecule has 0 saturated heterocycles. The molecule has 0 atom stereocenters. The number of hydrogen-bond donors (Lipinski definition) is 0. The molecule has 2 aromatic carbocycles. The molecule has 4 rings (SSSR count). The first-order chi connectivity index (χ1) is 13.3. The molecule has 0 amide bonds. The van der Waals surface area contributed by atoms with Gasteiger partial charge in [-0.05, 0) is 36.4 Å². The monoisotopic (exact) mass is 351 g/mol. The molecule has 0 aliphatic heterocycles. The minimum Gasteiger partial charge on any atom is -0.288 e. The minimum atomic E-state index is -0.137. The summed E-state index contributed by atoms with van der Waals surface area (Å²) in [5.41, 5.74) is 4.08.